The average Bonchev–Trinajstić information content (AvgIpc) is 2.47. The fraction of sp³-hybridized carbons (Fsp3) is 0.0769. The molecule has 1 aromatic heterocycles. The van der Waals surface area contributed by atoms with Crippen LogP contribution in [0.2, 0.25) is 5.02 Å². The zero-order valence-electron chi connectivity index (χ0n) is 11.3. The number of benzene rings is 1. The van der Waals surface area contributed by atoms with Gasteiger partial charge in [-0.05, 0) is 39.7 Å². The van der Waals surface area contributed by atoms with Crippen LogP contribution >= 0.6 is 27.5 Å². The maximum atomic E-state index is 10.9. The predicted octanol–water partition coefficient (Wildman–Crippen LogP) is 3.86. The van der Waals surface area contributed by atoms with Crippen molar-refractivity contribution in [1.82, 2.24) is 4.98 Å². The second kappa shape index (κ2) is 7.19. The number of methoxy groups -OCH3 is 1. The number of nitrogens with one attached hydrogen (secondary N) is 1. The second-order valence-corrected chi connectivity index (χ2v) is 5.28. The van der Waals surface area contributed by atoms with E-state index < -0.39 is 4.92 Å². The van der Waals surface area contributed by atoms with Crippen LogP contribution in [0.5, 0.6) is 5.75 Å². The molecule has 114 valence electrons. The lowest BCUT2D eigenvalue weighted by atomic mass is 10.2. The maximum Gasteiger partial charge on any atom is 0.313 e. The van der Waals surface area contributed by atoms with Crippen molar-refractivity contribution in [3.8, 4) is 5.75 Å². The number of ether oxygens (including phenoxy) is 1. The van der Waals surface area contributed by atoms with E-state index in [1.807, 2.05) is 0 Å². The average molecular weight is 386 g/mol. The number of halogens is 2. The summed E-state index contributed by atoms with van der Waals surface area (Å²) >= 11 is 9.39. The number of hydrogen-bond acceptors (Lipinski definition) is 6. The molecule has 0 saturated carbocycles. The van der Waals surface area contributed by atoms with E-state index >= 15 is 0 Å². The van der Waals surface area contributed by atoms with Crippen molar-refractivity contribution in [2.24, 2.45) is 5.10 Å². The molecule has 0 fully saturated rings. The summed E-state index contributed by atoms with van der Waals surface area (Å²) in [5.41, 5.74) is 3.06. The molecular formula is C13H10BrClN4O3. The molecule has 0 radical (unpaired) electrons. The van der Waals surface area contributed by atoms with Crippen LogP contribution in [0.3, 0.4) is 0 Å². The Bertz CT molecular complexity index is 716. The van der Waals surface area contributed by atoms with Crippen LogP contribution in [-0.4, -0.2) is 23.2 Å². The summed E-state index contributed by atoms with van der Waals surface area (Å²) in [4.78, 5) is 14.2. The zero-order chi connectivity index (χ0) is 16.1. The normalized spacial score (nSPS) is 10.7. The van der Waals surface area contributed by atoms with Gasteiger partial charge in [0.05, 0.1) is 27.7 Å². The molecule has 7 nitrogen and oxygen atoms in total. The maximum absolute atomic E-state index is 10.9. The molecule has 0 spiro atoms. The van der Waals surface area contributed by atoms with Gasteiger partial charge < -0.3 is 4.74 Å². The summed E-state index contributed by atoms with van der Waals surface area (Å²) in [5, 5.41) is 15.2. The number of nitro groups is 1. The van der Waals surface area contributed by atoms with Crippen LogP contribution in [0, 0.1) is 10.1 Å². The van der Waals surface area contributed by atoms with Crippen molar-refractivity contribution in [3.63, 3.8) is 0 Å². The molecule has 0 bridgehead atoms. The van der Waals surface area contributed by atoms with Crippen molar-refractivity contribution in [1.29, 1.82) is 0 Å². The van der Waals surface area contributed by atoms with Gasteiger partial charge in [0.2, 0.25) is 5.82 Å². The third-order valence-electron chi connectivity index (χ3n) is 2.59. The summed E-state index contributed by atoms with van der Waals surface area (Å²) in [6.45, 7) is 0. The largest absolute Gasteiger partial charge is 0.494 e. The highest BCUT2D eigenvalue weighted by Gasteiger charge is 2.13. The lowest BCUT2D eigenvalue weighted by Gasteiger charge is -2.06. The molecule has 0 aliphatic rings. The third kappa shape index (κ3) is 3.71. The predicted molar refractivity (Wildman–Crippen MR) is 87.8 cm³/mol. The highest BCUT2D eigenvalue weighted by atomic mass is 79.9. The first-order chi connectivity index (χ1) is 10.5. The van der Waals surface area contributed by atoms with Gasteiger partial charge in [-0.25, -0.2) is 4.98 Å². The fourth-order valence-electron chi connectivity index (χ4n) is 1.65. The van der Waals surface area contributed by atoms with Crippen LogP contribution < -0.4 is 10.2 Å². The summed E-state index contributed by atoms with van der Waals surface area (Å²) in [6.07, 6.45) is 2.90. The molecule has 9 heteroatoms. The van der Waals surface area contributed by atoms with Gasteiger partial charge in [-0.3, -0.25) is 15.5 Å². The third-order valence-corrected chi connectivity index (χ3v) is 3.46. The van der Waals surface area contributed by atoms with Crippen LogP contribution in [0.25, 0.3) is 0 Å². The first-order valence-corrected chi connectivity index (χ1v) is 7.11. The van der Waals surface area contributed by atoms with Crippen molar-refractivity contribution < 1.29 is 9.66 Å². The fourth-order valence-corrected chi connectivity index (χ4v) is 2.71. The summed E-state index contributed by atoms with van der Waals surface area (Å²) in [6, 6.07) is 6.23. The molecule has 1 N–H and O–H groups in total. The molecule has 0 atom stereocenters. The lowest BCUT2D eigenvalue weighted by Crippen LogP contribution is -1.99. The standard InChI is InChI=1S/C13H10BrClN4O3/c1-22-12-9(14)5-8(6-10(12)15)7-17-18-13-11(19(20)21)3-2-4-16-13/h2-7H,1H3,(H,16,18)/b17-7-. The van der Waals surface area contributed by atoms with Gasteiger partial charge in [0.15, 0.2) is 5.75 Å². The Balaban J connectivity index is 2.19. The Kier molecular flexibility index (Phi) is 5.29. The van der Waals surface area contributed by atoms with Gasteiger partial charge in [0, 0.05) is 12.3 Å². The molecule has 22 heavy (non-hydrogen) atoms. The minimum atomic E-state index is -0.536. The van der Waals surface area contributed by atoms with Gasteiger partial charge in [-0.2, -0.15) is 5.10 Å². The van der Waals surface area contributed by atoms with Crippen LogP contribution in [0.15, 0.2) is 40.0 Å². The van der Waals surface area contributed by atoms with Crippen molar-refractivity contribution in [2.45, 2.75) is 0 Å². The van der Waals surface area contributed by atoms with E-state index in [1.54, 1.807) is 12.1 Å². The topological polar surface area (TPSA) is 89.7 Å². The van der Waals surface area contributed by atoms with E-state index in [0.29, 0.717) is 20.8 Å². The molecule has 0 aliphatic carbocycles. The van der Waals surface area contributed by atoms with E-state index in [-0.39, 0.29) is 11.5 Å². The quantitative estimate of drug-likeness (QED) is 0.479. The molecule has 2 aromatic rings. The first-order valence-electron chi connectivity index (χ1n) is 5.94. The van der Waals surface area contributed by atoms with Gasteiger partial charge >= 0.3 is 5.69 Å². The Hall–Kier alpha value is -2.19. The van der Waals surface area contributed by atoms with Crippen molar-refractivity contribution in [3.05, 3.63) is 55.6 Å². The van der Waals surface area contributed by atoms with Gasteiger partial charge in [-0.1, -0.05) is 11.6 Å². The molecule has 0 saturated heterocycles. The molecule has 1 heterocycles. The number of hydrogen-bond donors (Lipinski definition) is 1. The van der Waals surface area contributed by atoms with Crippen molar-refractivity contribution >= 4 is 45.3 Å². The zero-order valence-corrected chi connectivity index (χ0v) is 13.6. The van der Waals surface area contributed by atoms with Gasteiger partial charge in [0.25, 0.3) is 0 Å². The monoisotopic (exact) mass is 384 g/mol. The van der Waals surface area contributed by atoms with Gasteiger partial charge in [-0.15, -0.1) is 0 Å². The Morgan fingerprint density at radius 1 is 1.55 bits per heavy atom. The molecule has 2 rings (SSSR count). The number of pyridine rings is 1. The second-order valence-electron chi connectivity index (χ2n) is 4.02. The Morgan fingerprint density at radius 3 is 2.95 bits per heavy atom. The number of hydrazone groups is 1. The minimum Gasteiger partial charge on any atom is -0.494 e. The smallest absolute Gasteiger partial charge is 0.313 e. The van der Waals surface area contributed by atoms with Crippen molar-refractivity contribution in [2.75, 3.05) is 12.5 Å². The Labute approximate surface area is 139 Å². The minimum absolute atomic E-state index is 0.0578. The number of aromatic nitrogens is 1. The van der Waals surface area contributed by atoms with Gasteiger partial charge in [0.1, 0.15) is 0 Å². The molecule has 0 unspecified atom stereocenters. The van der Waals surface area contributed by atoms with Crippen LogP contribution in [0.4, 0.5) is 11.5 Å². The van der Waals surface area contributed by atoms with E-state index in [2.05, 4.69) is 31.4 Å². The lowest BCUT2D eigenvalue weighted by molar-refractivity contribution is -0.384. The molecule has 0 aliphatic heterocycles. The highest BCUT2D eigenvalue weighted by molar-refractivity contribution is 9.10. The number of nitrogens with zero attached hydrogens (tertiary/aromatic N) is 3. The summed E-state index contributed by atoms with van der Waals surface area (Å²) < 4.78 is 5.80. The van der Waals surface area contributed by atoms with E-state index in [1.165, 1.54) is 31.7 Å². The summed E-state index contributed by atoms with van der Waals surface area (Å²) in [7, 11) is 1.52. The van der Waals surface area contributed by atoms with E-state index in [4.69, 9.17) is 16.3 Å². The number of anilines is 1. The summed E-state index contributed by atoms with van der Waals surface area (Å²) in [5.74, 6) is 0.578. The molecular weight excluding hydrogens is 376 g/mol. The first kappa shape index (κ1) is 16.2. The highest BCUT2D eigenvalue weighted by Crippen LogP contribution is 2.33. The SMILES string of the molecule is COc1c(Cl)cc(/C=N\Nc2ncccc2[N+](=O)[O-])cc1Br. The van der Waals surface area contributed by atoms with Crippen LogP contribution in [-0.2, 0) is 0 Å². The Morgan fingerprint density at radius 2 is 2.32 bits per heavy atom. The van der Waals surface area contributed by atoms with E-state index in [9.17, 15) is 10.1 Å². The molecule has 1 aromatic carbocycles. The van der Waals surface area contributed by atoms with Crippen LogP contribution in [0.1, 0.15) is 5.56 Å². The number of rotatable bonds is 5. The van der Waals surface area contributed by atoms with E-state index in [0.717, 1.165) is 0 Å². The molecule has 0 amide bonds.